The summed E-state index contributed by atoms with van der Waals surface area (Å²) >= 11 is 0. The highest BCUT2D eigenvalue weighted by Gasteiger charge is 2.18. The number of rotatable bonds is 5. The van der Waals surface area contributed by atoms with Crippen molar-refractivity contribution in [2.45, 2.75) is 26.2 Å². The van der Waals surface area contributed by atoms with E-state index in [9.17, 15) is 19.3 Å². The maximum absolute atomic E-state index is 13.2. The van der Waals surface area contributed by atoms with Gasteiger partial charge in [-0.3, -0.25) is 14.9 Å². The number of halogens is 1. The average molecular weight is 331 g/mol. The molecule has 2 aromatic carbocycles. The van der Waals surface area contributed by atoms with E-state index < -0.39 is 17.3 Å². The Labute approximate surface area is 139 Å². The molecule has 0 spiro atoms. The van der Waals surface area contributed by atoms with Gasteiger partial charge >= 0.3 is 5.69 Å². The van der Waals surface area contributed by atoms with Gasteiger partial charge in [-0.2, -0.15) is 0 Å². The minimum Gasteiger partial charge on any atom is -0.478 e. The molecular weight excluding hydrogens is 313 g/mol. The van der Waals surface area contributed by atoms with Gasteiger partial charge in [-0.05, 0) is 17.0 Å². The summed E-state index contributed by atoms with van der Waals surface area (Å²) in [5, 5.41) is 10.9. The smallest absolute Gasteiger partial charge is 0.311 e. The van der Waals surface area contributed by atoms with Crippen LogP contribution in [0.4, 0.5) is 10.1 Å². The van der Waals surface area contributed by atoms with Crippen LogP contribution in [-0.4, -0.2) is 17.3 Å². The predicted octanol–water partition coefficient (Wildman–Crippen LogP) is 4.29. The lowest BCUT2D eigenvalue weighted by molar-refractivity contribution is -0.385. The maximum atomic E-state index is 13.2. The molecule has 126 valence electrons. The van der Waals surface area contributed by atoms with Crippen molar-refractivity contribution < 1.29 is 18.8 Å². The van der Waals surface area contributed by atoms with Crippen LogP contribution in [0, 0.1) is 15.9 Å². The van der Waals surface area contributed by atoms with E-state index in [1.54, 1.807) is 12.1 Å². The zero-order valence-electron chi connectivity index (χ0n) is 13.7. The summed E-state index contributed by atoms with van der Waals surface area (Å²) in [6.07, 6.45) is 0. The molecule has 0 bridgehead atoms. The van der Waals surface area contributed by atoms with Crippen molar-refractivity contribution in [2.24, 2.45) is 0 Å². The summed E-state index contributed by atoms with van der Waals surface area (Å²) in [4.78, 5) is 22.4. The second-order valence-corrected chi connectivity index (χ2v) is 6.41. The van der Waals surface area contributed by atoms with E-state index in [-0.39, 0.29) is 22.6 Å². The lowest BCUT2D eigenvalue weighted by Gasteiger charge is -2.19. The molecule has 2 rings (SSSR count). The highest BCUT2D eigenvalue weighted by Crippen LogP contribution is 2.27. The van der Waals surface area contributed by atoms with Crippen molar-refractivity contribution in [3.63, 3.8) is 0 Å². The van der Waals surface area contributed by atoms with Crippen molar-refractivity contribution in [3.05, 3.63) is 69.5 Å². The lowest BCUT2D eigenvalue weighted by Crippen LogP contribution is -2.14. The van der Waals surface area contributed by atoms with Gasteiger partial charge in [-0.15, -0.1) is 0 Å². The van der Waals surface area contributed by atoms with E-state index in [1.807, 2.05) is 12.1 Å². The highest BCUT2D eigenvalue weighted by atomic mass is 19.1. The Morgan fingerprint density at radius 1 is 1.17 bits per heavy atom. The van der Waals surface area contributed by atoms with Gasteiger partial charge in [0.15, 0.2) is 18.1 Å². The van der Waals surface area contributed by atoms with Crippen LogP contribution in [-0.2, 0) is 5.41 Å². The molecule has 0 heterocycles. The Morgan fingerprint density at radius 3 is 2.33 bits per heavy atom. The maximum Gasteiger partial charge on any atom is 0.311 e. The zero-order chi connectivity index (χ0) is 17.9. The summed E-state index contributed by atoms with van der Waals surface area (Å²) in [6.45, 7) is 5.79. The monoisotopic (exact) mass is 331 g/mol. The molecule has 0 saturated carbocycles. The van der Waals surface area contributed by atoms with Gasteiger partial charge in [-0.1, -0.05) is 45.0 Å². The number of Topliss-reactive ketones (excluding diaryl/α,β-unsaturated/α-hetero) is 1. The van der Waals surface area contributed by atoms with Crippen LogP contribution in [0.2, 0.25) is 0 Å². The minimum absolute atomic E-state index is 0.0275. The van der Waals surface area contributed by atoms with E-state index in [2.05, 4.69) is 20.8 Å². The third-order valence-electron chi connectivity index (χ3n) is 3.55. The molecule has 0 fully saturated rings. The van der Waals surface area contributed by atoms with Gasteiger partial charge in [0.25, 0.3) is 0 Å². The molecule has 0 aliphatic rings. The largest absolute Gasteiger partial charge is 0.478 e. The lowest BCUT2D eigenvalue weighted by atomic mass is 9.86. The first-order valence-corrected chi connectivity index (χ1v) is 7.39. The van der Waals surface area contributed by atoms with E-state index in [0.29, 0.717) is 5.56 Å². The Morgan fingerprint density at radius 2 is 1.79 bits per heavy atom. The molecule has 0 unspecified atom stereocenters. The molecule has 2 aromatic rings. The van der Waals surface area contributed by atoms with Crippen LogP contribution in [0.5, 0.6) is 5.75 Å². The summed E-state index contributed by atoms with van der Waals surface area (Å²) in [5.74, 6) is -1.27. The van der Waals surface area contributed by atoms with E-state index in [1.165, 1.54) is 0 Å². The highest BCUT2D eigenvalue weighted by molar-refractivity contribution is 5.97. The van der Waals surface area contributed by atoms with E-state index in [4.69, 9.17) is 4.74 Å². The zero-order valence-corrected chi connectivity index (χ0v) is 13.7. The number of nitrogens with zero attached hydrogens (tertiary/aromatic N) is 1. The molecule has 0 aromatic heterocycles. The van der Waals surface area contributed by atoms with Crippen LogP contribution in [0.1, 0.15) is 36.7 Å². The number of hydrogen-bond donors (Lipinski definition) is 0. The van der Waals surface area contributed by atoms with Gasteiger partial charge < -0.3 is 4.74 Å². The fourth-order valence-electron chi connectivity index (χ4n) is 2.14. The summed E-state index contributed by atoms with van der Waals surface area (Å²) in [5.41, 5.74) is 1.11. The van der Waals surface area contributed by atoms with E-state index in [0.717, 1.165) is 23.8 Å². The van der Waals surface area contributed by atoms with Gasteiger partial charge in [0, 0.05) is 17.7 Å². The molecule has 5 nitrogen and oxygen atoms in total. The van der Waals surface area contributed by atoms with Crippen LogP contribution in [0.3, 0.4) is 0 Å². The first kappa shape index (κ1) is 17.6. The molecule has 6 heteroatoms. The van der Waals surface area contributed by atoms with Crippen LogP contribution in [0.25, 0.3) is 0 Å². The molecule has 24 heavy (non-hydrogen) atoms. The number of nitro groups is 1. The molecular formula is C18H18FNO4. The first-order valence-electron chi connectivity index (χ1n) is 7.39. The predicted molar refractivity (Wildman–Crippen MR) is 88.0 cm³/mol. The van der Waals surface area contributed by atoms with Gasteiger partial charge in [0.1, 0.15) is 5.82 Å². The fourth-order valence-corrected chi connectivity index (χ4v) is 2.14. The van der Waals surface area contributed by atoms with E-state index >= 15 is 0 Å². The molecule has 0 aliphatic carbocycles. The number of ketones is 1. The fraction of sp³-hybridized carbons (Fsp3) is 0.278. The van der Waals surface area contributed by atoms with Crippen LogP contribution in [0.15, 0.2) is 42.5 Å². The quantitative estimate of drug-likeness (QED) is 0.465. The normalized spacial score (nSPS) is 11.2. The number of nitro benzene ring substituents is 1. The van der Waals surface area contributed by atoms with Crippen LogP contribution >= 0.6 is 0 Å². The molecule has 0 radical (unpaired) electrons. The SMILES string of the molecule is CC(C)(C)c1ccc(C(=O)COc2cc(F)ccc2[N+](=O)[O-])cc1. The summed E-state index contributed by atoms with van der Waals surface area (Å²) < 4.78 is 18.4. The summed E-state index contributed by atoms with van der Waals surface area (Å²) in [7, 11) is 0. The van der Waals surface area contributed by atoms with Crippen molar-refractivity contribution in [3.8, 4) is 5.75 Å². The van der Waals surface area contributed by atoms with Crippen molar-refractivity contribution in [2.75, 3.05) is 6.61 Å². The molecule has 0 atom stereocenters. The number of ether oxygens (including phenoxy) is 1. The molecule has 0 N–H and O–H groups in total. The van der Waals surface area contributed by atoms with Crippen molar-refractivity contribution in [1.82, 2.24) is 0 Å². The summed E-state index contributed by atoms with van der Waals surface area (Å²) in [6, 6.07) is 9.97. The number of benzene rings is 2. The molecule has 0 saturated heterocycles. The third-order valence-corrected chi connectivity index (χ3v) is 3.55. The Hall–Kier alpha value is -2.76. The number of carbonyl (C=O) groups is 1. The molecule has 0 amide bonds. The second kappa shape index (κ2) is 6.78. The van der Waals surface area contributed by atoms with Crippen molar-refractivity contribution in [1.29, 1.82) is 0 Å². The van der Waals surface area contributed by atoms with Gasteiger partial charge in [-0.25, -0.2) is 4.39 Å². The second-order valence-electron chi connectivity index (χ2n) is 6.41. The Kier molecular flexibility index (Phi) is 4.97. The van der Waals surface area contributed by atoms with Gasteiger partial charge in [0.2, 0.25) is 0 Å². The minimum atomic E-state index is -0.683. The first-order chi connectivity index (χ1) is 11.2. The topological polar surface area (TPSA) is 69.4 Å². The number of carbonyl (C=O) groups excluding carboxylic acids is 1. The standard InChI is InChI=1S/C18H18FNO4/c1-18(2,3)13-6-4-12(5-7-13)16(21)11-24-17-10-14(19)8-9-15(17)20(22)23/h4-10H,11H2,1-3H3. The molecule has 0 aliphatic heterocycles. The Balaban J connectivity index is 2.11. The van der Waals surface area contributed by atoms with Crippen molar-refractivity contribution >= 4 is 11.5 Å². The average Bonchev–Trinajstić information content (AvgIpc) is 2.51. The van der Waals surface area contributed by atoms with Gasteiger partial charge in [0.05, 0.1) is 4.92 Å². The number of hydrogen-bond acceptors (Lipinski definition) is 4. The van der Waals surface area contributed by atoms with Crippen LogP contribution < -0.4 is 4.74 Å². The third kappa shape index (κ3) is 4.16. The Bertz CT molecular complexity index is 764.